The lowest BCUT2D eigenvalue weighted by molar-refractivity contribution is -0.145. The van der Waals surface area contributed by atoms with Crippen molar-refractivity contribution in [3.05, 3.63) is 12.2 Å². The van der Waals surface area contributed by atoms with E-state index in [9.17, 15) is 4.79 Å². The monoisotopic (exact) mass is 325 g/mol. The van der Waals surface area contributed by atoms with Crippen LogP contribution in [0, 0.1) is 0 Å². The van der Waals surface area contributed by atoms with Crippen LogP contribution in [0.3, 0.4) is 0 Å². The molecule has 0 aliphatic carbocycles. The van der Waals surface area contributed by atoms with E-state index >= 15 is 0 Å². The summed E-state index contributed by atoms with van der Waals surface area (Å²) < 4.78 is 5.53. The number of unbranched alkanes of at least 4 members (excludes halogenated alkanes) is 9. The minimum atomic E-state index is -0.260. The average molecular weight is 326 g/mol. The Hall–Kier alpha value is -0.830. The third kappa shape index (κ3) is 14.5. The van der Waals surface area contributed by atoms with Gasteiger partial charge in [0.15, 0.2) is 0 Å². The van der Waals surface area contributed by atoms with Crippen LogP contribution in [-0.4, -0.2) is 37.6 Å². The standard InChI is InChI=1S/C20H39NO2/c1-6-7-8-9-10-11-12-13-14-15-16-19(17-21(4)5)23-20(22)18(2)3/h19H,2,6-17H2,1,3-5H3. The second-order valence-corrected chi connectivity index (χ2v) is 7.04. The van der Waals surface area contributed by atoms with Gasteiger partial charge in [-0.25, -0.2) is 4.79 Å². The molecule has 0 spiro atoms. The molecule has 136 valence electrons. The topological polar surface area (TPSA) is 29.5 Å². The second kappa shape index (κ2) is 14.7. The molecule has 1 atom stereocenters. The Balaban J connectivity index is 3.70. The number of carbonyl (C=O) groups excluding carboxylic acids is 1. The Bertz CT molecular complexity index is 313. The maximum Gasteiger partial charge on any atom is 0.333 e. The maximum absolute atomic E-state index is 11.7. The summed E-state index contributed by atoms with van der Waals surface area (Å²) in [5.74, 6) is -0.260. The molecule has 0 radical (unpaired) electrons. The molecular weight excluding hydrogens is 286 g/mol. The predicted molar refractivity (Wildman–Crippen MR) is 99.7 cm³/mol. The normalized spacial score (nSPS) is 12.4. The van der Waals surface area contributed by atoms with Gasteiger partial charge in [0.25, 0.3) is 0 Å². The first-order valence-corrected chi connectivity index (χ1v) is 9.48. The Morgan fingerprint density at radius 3 is 1.87 bits per heavy atom. The van der Waals surface area contributed by atoms with Gasteiger partial charge in [-0.2, -0.15) is 0 Å². The van der Waals surface area contributed by atoms with Crippen LogP contribution < -0.4 is 0 Å². The first-order valence-electron chi connectivity index (χ1n) is 9.48. The molecule has 3 heteroatoms. The van der Waals surface area contributed by atoms with E-state index in [1.807, 2.05) is 14.1 Å². The highest BCUT2D eigenvalue weighted by Gasteiger charge is 2.15. The van der Waals surface area contributed by atoms with Gasteiger partial charge in [0.1, 0.15) is 6.10 Å². The Kier molecular flexibility index (Phi) is 14.2. The van der Waals surface area contributed by atoms with E-state index in [1.165, 1.54) is 57.8 Å². The highest BCUT2D eigenvalue weighted by atomic mass is 16.5. The van der Waals surface area contributed by atoms with Gasteiger partial charge in [0, 0.05) is 12.1 Å². The van der Waals surface area contributed by atoms with Gasteiger partial charge in [-0.1, -0.05) is 71.3 Å². The fraction of sp³-hybridized carbons (Fsp3) is 0.850. The summed E-state index contributed by atoms with van der Waals surface area (Å²) in [5, 5.41) is 0. The average Bonchev–Trinajstić information content (AvgIpc) is 2.48. The number of hydrogen-bond donors (Lipinski definition) is 0. The third-order valence-electron chi connectivity index (χ3n) is 4.07. The molecule has 0 aromatic rings. The molecule has 0 rings (SSSR count). The van der Waals surface area contributed by atoms with Gasteiger partial charge in [-0.15, -0.1) is 0 Å². The quantitative estimate of drug-likeness (QED) is 0.231. The zero-order valence-electron chi connectivity index (χ0n) is 16.0. The minimum Gasteiger partial charge on any atom is -0.458 e. The van der Waals surface area contributed by atoms with Crippen LogP contribution in [0.1, 0.15) is 84.5 Å². The highest BCUT2D eigenvalue weighted by Crippen LogP contribution is 2.14. The molecule has 0 aromatic heterocycles. The predicted octanol–water partition coefficient (Wildman–Crippen LogP) is 5.35. The zero-order chi connectivity index (χ0) is 17.5. The highest BCUT2D eigenvalue weighted by molar-refractivity contribution is 5.87. The molecule has 23 heavy (non-hydrogen) atoms. The third-order valence-corrected chi connectivity index (χ3v) is 4.07. The van der Waals surface area contributed by atoms with Crippen molar-refractivity contribution < 1.29 is 9.53 Å². The molecule has 0 saturated heterocycles. The van der Waals surface area contributed by atoms with Crippen molar-refractivity contribution in [2.45, 2.75) is 90.6 Å². The van der Waals surface area contributed by atoms with Gasteiger partial charge in [-0.3, -0.25) is 0 Å². The summed E-state index contributed by atoms with van der Waals surface area (Å²) in [4.78, 5) is 13.8. The van der Waals surface area contributed by atoms with E-state index in [1.54, 1.807) is 6.92 Å². The van der Waals surface area contributed by atoms with E-state index in [2.05, 4.69) is 18.4 Å². The van der Waals surface area contributed by atoms with Gasteiger partial charge < -0.3 is 9.64 Å². The van der Waals surface area contributed by atoms with Crippen molar-refractivity contribution in [1.82, 2.24) is 4.90 Å². The fourth-order valence-corrected chi connectivity index (χ4v) is 2.71. The SMILES string of the molecule is C=C(C)C(=O)OC(CCCCCCCCCCCC)CN(C)C. The Labute approximate surface area is 144 Å². The van der Waals surface area contributed by atoms with Gasteiger partial charge in [0.05, 0.1) is 0 Å². The summed E-state index contributed by atoms with van der Waals surface area (Å²) in [6.07, 6.45) is 14.2. The van der Waals surface area contributed by atoms with Gasteiger partial charge in [-0.05, 0) is 33.9 Å². The van der Waals surface area contributed by atoms with Crippen LogP contribution in [0.4, 0.5) is 0 Å². The number of esters is 1. The summed E-state index contributed by atoms with van der Waals surface area (Å²) in [5.41, 5.74) is 0.483. The van der Waals surface area contributed by atoms with Gasteiger partial charge >= 0.3 is 5.97 Å². The molecule has 0 amide bonds. The number of rotatable bonds is 15. The Morgan fingerprint density at radius 1 is 0.957 bits per heavy atom. The van der Waals surface area contributed by atoms with Crippen molar-refractivity contribution in [1.29, 1.82) is 0 Å². The lowest BCUT2D eigenvalue weighted by Crippen LogP contribution is -2.30. The van der Waals surface area contributed by atoms with Crippen molar-refractivity contribution in [2.75, 3.05) is 20.6 Å². The maximum atomic E-state index is 11.7. The first kappa shape index (κ1) is 22.2. The first-order chi connectivity index (χ1) is 11.0. The van der Waals surface area contributed by atoms with Gasteiger partial charge in [0.2, 0.25) is 0 Å². The summed E-state index contributed by atoms with van der Waals surface area (Å²) in [7, 11) is 4.03. The zero-order valence-corrected chi connectivity index (χ0v) is 16.0. The number of carbonyl (C=O) groups is 1. The molecule has 0 saturated carbocycles. The number of ether oxygens (including phenoxy) is 1. The molecule has 0 aromatic carbocycles. The van der Waals surface area contributed by atoms with Crippen molar-refractivity contribution in [2.24, 2.45) is 0 Å². The minimum absolute atomic E-state index is 0.0109. The largest absolute Gasteiger partial charge is 0.458 e. The summed E-state index contributed by atoms with van der Waals surface area (Å²) >= 11 is 0. The van der Waals surface area contributed by atoms with Crippen molar-refractivity contribution >= 4 is 5.97 Å². The second-order valence-electron chi connectivity index (χ2n) is 7.04. The summed E-state index contributed by atoms with van der Waals surface area (Å²) in [6.45, 7) is 8.41. The smallest absolute Gasteiger partial charge is 0.333 e. The number of likely N-dealkylation sites (N-methyl/N-ethyl adjacent to an activating group) is 1. The number of nitrogens with zero attached hydrogens (tertiary/aromatic N) is 1. The molecule has 0 heterocycles. The van der Waals surface area contributed by atoms with Crippen LogP contribution in [0.25, 0.3) is 0 Å². The molecule has 1 unspecified atom stereocenters. The molecule has 0 aliphatic heterocycles. The lowest BCUT2D eigenvalue weighted by Gasteiger charge is -2.21. The van der Waals surface area contributed by atoms with E-state index < -0.39 is 0 Å². The van der Waals surface area contributed by atoms with Crippen molar-refractivity contribution in [3.8, 4) is 0 Å². The number of hydrogen-bond acceptors (Lipinski definition) is 3. The molecule has 3 nitrogen and oxygen atoms in total. The van der Waals surface area contributed by atoms with Crippen LogP contribution in [0.2, 0.25) is 0 Å². The fourth-order valence-electron chi connectivity index (χ4n) is 2.71. The van der Waals surface area contributed by atoms with Crippen LogP contribution in [0.5, 0.6) is 0 Å². The van der Waals surface area contributed by atoms with Crippen LogP contribution in [0.15, 0.2) is 12.2 Å². The van der Waals surface area contributed by atoms with E-state index in [0.717, 1.165) is 19.4 Å². The van der Waals surface area contributed by atoms with E-state index in [4.69, 9.17) is 4.74 Å². The Morgan fingerprint density at radius 2 is 1.43 bits per heavy atom. The van der Waals surface area contributed by atoms with E-state index in [0.29, 0.717) is 5.57 Å². The van der Waals surface area contributed by atoms with Crippen molar-refractivity contribution in [3.63, 3.8) is 0 Å². The molecule has 0 N–H and O–H groups in total. The van der Waals surface area contributed by atoms with Crippen LogP contribution >= 0.6 is 0 Å². The van der Waals surface area contributed by atoms with Crippen LogP contribution in [-0.2, 0) is 9.53 Å². The lowest BCUT2D eigenvalue weighted by atomic mass is 10.0. The molecule has 0 fully saturated rings. The molecule has 0 aliphatic rings. The van der Waals surface area contributed by atoms with E-state index in [-0.39, 0.29) is 12.1 Å². The summed E-state index contributed by atoms with van der Waals surface area (Å²) in [6, 6.07) is 0. The molecular formula is C20H39NO2. The molecule has 0 bridgehead atoms.